The summed E-state index contributed by atoms with van der Waals surface area (Å²) in [5.41, 5.74) is 3.52. The highest BCUT2D eigenvalue weighted by atomic mass is 15.0. The lowest BCUT2D eigenvalue weighted by Crippen LogP contribution is -2.60. The Morgan fingerprint density at radius 2 is 1.83 bits per heavy atom. The molecule has 0 aromatic carbocycles. The molecule has 3 aliphatic rings. The van der Waals surface area contributed by atoms with Gasteiger partial charge in [-0.15, -0.1) is 0 Å². The minimum Gasteiger partial charge on any atom is -0.312 e. The van der Waals surface area contributed by atoms with Crippen molar-refractivity contribution < 1.29 is 0 Å². The van der Waals surface area contributed by atoms with Crippen molar-refractivity contribution in [1.29, 1.82) is 0 Å². The lowest BCUT2D eigenvalue weighted by atomic mass is 9.45. The summed E-state index contributed by atoms with van der Waals surface area (Å²) in [5.74, 6) is 2.73. The number of hydrogen-bond donors (Lipinski definition) is 2. The fourth-order valence-corrected chi connectivity index (χ4v) is 4.80. The molecule has 0 radical (unpaired) electrons. The first-order chi connectivity index (χ1) is 11.3. The molecule has 0 aromatic heterocycles. The van der Waals surface area contributed by atoms with E-state index in [1.54, 1.807) is 0 Å². The van der Waals surface area contributed by atoms with E-state index in [1.165, 1.54) is 36.8 Å². The van der Waals surface area contributed by atoms with Crippen LogP contribution in [0.4, 0.5) is 0 Å². The maximum Gasteiger partial charge on any atom is 0.0137 e. The largest absolute Gasteiger partial charge is 0.312 e. The van der Waals surface area contributed by atoms with Gasteiger partial charge in [0.25, 0.3) is 0 Å². The summed E-state index contributed by atoms with van der Waals surface area (Å²) < 4.78 is 0. The van der Waals surface area contributed by atoms with Crippen LogP contribution in [-0.2, 0) is 0 Å². The second kappa shape index (κ2) is 8.67. The minimum atomic E-state index is 0.601. The van der Waals surface area contributed by atoms with Crippen molar-refractivity contribution in [1.82, 2.24) is 10.6 Å². The number of nitrogens with one attached hydrogen (secondary N) is 2. The smallest absolute Gasteiger partial charge is 0.0137 e. The molecule has 24 heavy (non-hydrogen) atoms. The summed E-state index contributed by atoms with van der Waals surface area (Å²) >= 11 is 0. The van der Waals surface area contributed by atoms with Gasteiger partial charge in [0.1, 0.15) is 0 Å². The number of fused-ring (bicyclic) bond motifs is 2. The normalized spacial score (nSPS) is 31.5. The van der Waals surface area contributed by atoms with E-state index in [0.29, 0.717) is 5.41 Å². The number of hydrogen-bond acceptors (Lipinski definition) is 2. The van der Waals surface area contributed by atoms with Crippen molar-refractivity contribution in [3.05, 3.63) is 23.3 Å². The summed E-state index contributed by atoms with van der Waals surface area (Å²) in [4.78, 5) is 0. The molecule has 3 aliphatic carbocycles. The Labute approximate surface area is 150 Å². The van der Waals surface area contributed by atoms with Crippen molar-refractivity contribution in [3.8, 4) is 0 Å². The van der Waals surface area contributed by atoms with Gasteiger partial charge in [-0.1, -0.05) is 44.1 Å². The molecule has 0 aliphatic heterocycles. The molecular formula is C22H40N2. The van der Waals surface area contributed by atoms with Crippen molar-refractivity contribution >= 4 is 0 Å². The summed E-state index contributed by atoms with van der Waals surface area (Å²) in [7, 11) is 0. The molecular weight excluding hydrogens is 292 g/mol. The average molecular weight is 333 g/mol. The molecule has 3 rings (SSSR count). The molecule has 0 amide bonds. The van der Waals surface area contributed by atoms with Crippen LogP contribution in [0.2, 0.25) is 0 Å². The molecule has 0 aromatic rings. The fraction of sp³-hybridized carbons (Fsp3) is 0.818. The van der Waals surface area contributed by atoms with E-state index < -0.39 is 0 Å². The van der Waals surface area contributed by atoms with Crippen molar-refractivity contribution in [2.75, 3.05) is 19.6 Å². The van der Waals surface area contributed by atoms with Crippen molar-refractivity contribution in [2.24, 2.45) is 23.2 Å². The Kier molecular flexibility index (Phi) is 7.12. The van der Waals surface area contributed by atoms with Crippen LogP contribution >= 0.6 is 0 Å². The molecule has 0 saturated heterocycles. The van der Waals surface area contributed by atoms with Crippen LogP contribution < -0.4 is 10.6 Å². The highest BCUT2D eigenvalue weighted by molar-refractivity contribution is 5.07. The lowest BCUT2D eigenvalue weighted by molar-refractivity contribution is -0.114. The maximum atomic E-state index is 3.81. The highest BCUT2D eigenvalue weighted by Gasteiger charge is 2.55. The predicted molar refractivity (Wildman–Crippen MR) is 106 cm³/mol. The summed E-state index contributed by atoms with van der Waals surface area (Å²) in [6.07, 6.45) is 9.88. The quantitative estimate of drug-likeness (QED) is 0.462. The van der Waals surface area contributed by atoms with Gasteiger partial charge in [-0.25, -0.2) is 0 Å². The van der Waals surface area contributed by atoms with Crippen molar-refractivity contribution in [2.45, 2.75) is 73.3 Å². The minimum absolute atomic E-state index is 0.601. The Morgan fingerprint density at radius 3 is 2.46 bits per heavy atom. The van der Waals surface area contributed by atoms with Gasteiger partial charge in [0, 0.05) is 25.7 Å². The summed E-state index contributed by atoms with van der Waals surface area (Å²) in [6, 6.07) is 0.741. The molecule has 3 fully saturated rings. The van der Waals surface area contributed by atoms with Gasteiger partial charge in [-0.05, 0) is 69.6 Å². The van der Waals surface area contributed by atoms with E-state index in [4.69, 9.17) is 0 Å². The molecule has 4 atom stereocenters. The lowest BCUT2D eigenvalue weighted by Gasteiger charge is -2.62. The van der Waals surface area contributed by atoms with E-state index >= 15 is 0 Å². The summed E-state index contributed by atoms with van der Waals surface area (Å²) in [6.45, 7) is 17.2. The second-order valence-corrected chi connectivity index (χ2v) is 9.09. The van der Waals surface area contributed by atoms with Crippen LogP contribution in [0.3, 0.4) is 0 Å². The standard InChI is InChI=1S/C22H40N2/c1-16(2)8-7-9-17(3)10-11-23-12-13-24-21-15-19-14-20(18(21)4)22(19,5)6/h8,10,18-21,23-24H,7,9,11-15H2,1-6H3/b17-10+/t18-,19+,20-,21-/m1/s1. The predicted octanol–water partition coefficient (Wildman–Crippen LogP) is 4.93. The first-order valence-corrected chi connectivity index (χ1v) is 10.1. The third-order valence-corrected chi connectivity index (χ3v) is 6.75. The molecule has 3 saturated carbocycles. The molecule has 0 heterocycles. The van der Waals surface area contributed by atoms with Gasteiger partial charge >= 0.3 is 0 Å². The second-order valence-electron chi connectivity index (χ2n) is 9.09. The third kappa shape index (κ3) is 4.95. The van der Waals surface area contributed by atoms with Crippen LogP contribution in [0.15, 0.2) is 23.3 Å². The zero-order valence-corrected chi connectivity index (χ0v) is 16.9. The van der Waals surface area contributed by atoms with Crippen LogP contribution in [0.25, 0.3) is 0 Å². The third-order valence-electron chi connectivity index (χ3n) is 6.75. The molecule has 0 unspecified atom stereocenters. The SMILES string of the molecule is CC(C)=CCC/C(C)=C/CNCCN[C@@H]1C[C@@H]2C[C@H]([C@H]1C)C2(C)C. The molecule has 2 N–H and O–H groups in total. The van der Waals surface area contributed by atoms with Crippen LogP contribution in [-0.4, -0.2) is 25.7 Å². The van der Waals surface area contributed by atoms with Crippen molar-refractivity contribution in [3.63, 3.8) is 0 Å². The zero-order valence-electron chi connectivity index (χ0n) is 16.9. The highest BCUT2D eigenvalue weighted by Crippen LogP contribution is 2.61. The van der Waals surface area contributed by atoms with Gasteiger partial charge in [0.05, 0.1) is 0 Å². The Morgan fingerprint density at radius 1 is 1.08 bits per heavy atom. The molecule has 2 heteroatoms. The molecule has 0 spiro atoms. The average Bonchev–Trinajstić information content (AvgIpc) is 2.51. The zero-order chi connectivity index (χ0) is 17.7. The number of allylic oxidation sites excluding steroid dienone is 3. The first kappa shape index (κ1) is 19.7. The Bertz CT molecular complexity index is 457. The maximum absolute atomic E-state index is 3.81. The molecule has 2 nitrogen and oxygen atoms in total. The Hall–Kier alpha value is -0.600. The first-order valence-electron chi connectivity index (χ1n) is 10.1. The van der Waals surface area contributed by atoms with E-state index in [9.17, 15) is 0 Å². The Balaban J connectivity index is 1.55. The molecule has 138 valence electrons. The van der Waals surface area contributed by atoms with Crippen LogP contribution in [0.1, 0.15) is 67.2 Å². The van der Waals surface area contributed by atoms with Gasteiger partial charge in [0.15, 0.2) is 0 Å². The number of rotatable bonds is 9. The molecule has 2 bridgehead atoms. The van der Waals surface area contributed by atoms with Gasteiger partial charge < -0.3 is 10.6 Å². The fourth-order valence-electron chi connectivity index (χ4n) is 4.80. The van der Waals surface area contributed by atoms with E-state index in [1.807, 2.05) is 0 Å². The van der Waals surface area contributed by atoms with Gasteiger partial charge in [-0.3, -0.25) is 0 Å². The van der Waals surface area contributed by atoms with Gasteiger partial charge in [0.2, 0.25) is 0 Å². The van der Waals surface area contributed by atoms with E-state index in [0.717, 1.165) is 43.4 Å². The van der Waals surface area contributed by atoms with E-state index in [-0.39, 0.29) is 0 Å². The topological polar surface area (TPSA) is 24.1 Å². The van der Waals surface area contributed by atoms with Crippen LogP contribution in [0, 0.1) is 23.2 Å². The summed E-state index contributed by atoms with van der Waals surface area (Å²) in [5, 5.41) is 7.37. The van der Waals surface area contributed by atoms with E-state index in [2.05, 4.69) is 64.3 Å². The monoisotopic (exact) mass is 332 g/mol. The van der Waals surface area contributed by atoms with Gasteiger partial charge in [-0.2, -0.15) is 0 Å². The van der Waals surface area contributed by atoms with Crippen LogP contribution in [0.5, 0.6) is 0 Å².